The zero-order chi connectivity index (χ0) is 19.7. The van der Waals surface area contributed by atoms with E-state index >= 15 is 0 Å². The number of H-pyrrole nitrogens is 1. The topological polar surface area (TPSA) is 91.0 Å². The van der Waals surface area contributed by atoms with E-state index in [1.165, 1.54) is 0 Å². The van der Waals surface area contributed by atoms with Gasteiger partial charge < -0.3 is 10.2 Å². The highest BCUT2D eigenvalue weighted by molar-refractivity contribution is 5.97. The van der Waals surface area contributed by atoms with Gasteiger partial charge in [0.05, 0.1) is 17.7 Å². The number of likely N-dealkylation sites (tertiary alicyclic amines) is 1. The molecule has 1 fully saturated rings. The minimum Gasteiger partial charge on any atom is -0.338 e. The minimum absolute atomic E-state index is 0.0368. The Balaban J connectivity index is 1.54. The van der Waals surface area contributed by atoms with Gasteiger partial charge in [-0.3, -0.25) is 19.7 Å². The summed E-state index contributed by atoms with van der Waals surface area (Å²) in [5, 5.41) is 9.94. The molecular formula is C21H21N5O2. The van der Waals surface area contributed by atoms with Gasteiger partial charge in [-0.2, -0.15) is 5.10 Å². The molecule has 2 aromatic heterocycles. The van der Waals surface area contributed by atoms with Crippen LogP contribution in [0.2, 0.25) is 0 Å². The molecule has 2 atom stereocenters. The van der Waals surface area contributed by atoms with Gasteiger partial charge in [0.1, 0.15) is 0 Å². The molecule has 2 N–H and O–H groups in total. The minimum atomic E-state index is -0.471. The van der Waals surface area contributed by atoms with Crippen LogP contribution in [0.1, 0.15) is 23.6 Å². The molecule has 0 saturated carbocycles. The van der Waals surface area contributed by atoms with Crippen LogP contribution in [0.3, 0.4) is 0 Å². The second-order valence-corrected chi connectivity index (χ2v) is 7.06. The van der Waals surface area contributed by atoms with Crippen molar-refractivity contribution < 1.29 is 9.59 Å². The van der Waals surface area contributed by atoms with Crippen molar-refractivity contribution in [3.05, 3.63) is 66.0 Å². The molecule has 4 rings (SSSR count). The van der Waals surface area contributed by atoms with Gasteiger partial charge in [-0.05, 0) is 24.6 Å². The third-order valence-corrected chi connectivity index (χ3v) is 5.16. The number of carbonyl (C=O) groups excluding carboxylic acids is 2. The number of hydrogen-bond acceptors (Lipinski definition) is 4. The molecule has 1 aromatic carbocycles. The molecule has 142 valence electrons. The quantitative estimate of drug-likeness (QED) is 0.733. The highest BCUT2D eigenvalue weighted by Crippen LogP contribution is 2.37. The molecule has 3 heterocycles. The first-order chi connectivity index (χ1) is 13.5. The number of amides is 2. The number of benzene rings is 1. The number of nitrogens with zero attached hydrogens (tertiary/aromatic N) is 3. The average molecular weight is 375 g/mol. The van der Waals surface area contributed by atoms with Crippen LogP contribution >= 0.6 is 0 Å². The predicted molar refractivity (Wildman–Crippen MR) is 105 cm³/mol. The van der Waals surface area contributed by atoms with Crippen LogP contribution < -0.4 is 5.32 Å². The second kappa shape index (κ2) is 7.26. The third kappa shape index (κ3) is 3.38. The fourth-order valence-electron chi connectivity index (χ4n) is 3.61. The molecular weight excluding hydrogens is 354 g/mol. The third-order valence-electron chi connectivity index (χ3n) is 5.16. The Morgan fingerprint density at radius 1 is 1.18 bits per heavy atom. The van der Waals surface area contributed by atoms with Crippen molar-refractivity contribution in [2.45, 2.75) is 19.4 Å². The molecule has 7 nitrogen and oxygen atoms in total. The molecule has 2 unspecified atom stereocenters. The summed E-state index contributed by atoms with van der Waals surface area (Å²) in [6, 6.07) is 13.2. The lowest BCUT2D eigenvalue weighted by atomic mass is 9.92. The Hall–Kier alpha value is -3.48. The summed E-state index contributed by atoms with van der Waals surface area (Å²) in [4.78, 5) is 30.9. The number of pyridine rings is 1. The van der Waals surface area contributed by atoms with E-state index in [-0.39, 0.29) is 24.3 Å². The van der Waals surface area contributed by atoms with E-state index in [4.69, 9.17) is 0 Å². The molecule has 0 aliphatic carbocycles. The monoisotopic (exact) mass is 375 g/mol. The fraction of sp³-hybridized carbons (Fsp3) is 0.238. The first-order valence-corrected chi connectivity index (χ1v) is 9.12. The van der Waals surface area contributed by atoms with Gasteiger partial charge in [-0.15, -0.1) is 0 Å². The van der Waals surface area contributed by atoms with Gasteiger partial charge in [0, 0.05) is 37.5 Å². The van der Waals surface area contributed by atoms with E-state index in [1.807, 2.05) is 43.3 Å². The highest BCUT2D eigenvalue weighted by atomic mass is 16.2. The zero-order valence-electron chi connectivity index (χ0n) is 15.7. The summed E-state index contributed by atoms with van der Waals surface area (Å²) in [7, 11) is 1.75. The number of rotatable bonds is 4. The molecule has 1 aliphatic rings. The molecule has 1 saturated heterocycles. The van der Waals surface area contributed by atoms with Crippen LogP contribution in [0.4, 0.5) is 5.82 Å². The second-order valence-electron chi connectivity index (χ2n) is 7.06. The van der Waals surface area contributed by atoms with Crippen LogP contribution in [0, 0.1) is 12.8 Å². The summed E-state index contributed by atoms with van der Waals surface area (Å²) in [6.07, 6.45) is 3.57. The molecule has 2 amide bonds. The molecule has 1 aliphatic heterocycles. The number of nitrogens with one attached hydrogen (secondary N) is 2. The van der Waals surface area contributed by atoms with Crippen molar-refractivity contribution in [2.75, 3.05) is 12.4 Å². The van der Waals surface area contributed by atoms with E-state index in [0.29, 0.717) is 5.82 Å². The van der Waals surface area contributed by atoms with Crippen LogP contribution in [0.25, 0.3) is 11.3 Å². The maximum atomic E-state index is 12.9. The van der Waals surface area contributed by atoms with E-state index in [1.54, 1.807) is 30.4 Å². The summed E-state index contributed by atoms with van der Waals surface area (Å²) >= 11 is 0. The first kappa shape index (κ1) is 17.9. The Kier molecular flexibility index (Phi) is 4.65. The molecule has 0 bridgehead atoms. The SMILES string of the molecule is Cc1ccc(C2C(C(=O)Nc3cc(-c4ccncc4)[nH]n3)CC(=O)N2C)cc1. The summed E-state index contributed by atoms with van der Waals surface area (Å²) in [5.74, 6) is -0.288. The van der Waals surface area contributed by atoms with E-state index < -0.39 is 5.92 Å². The van der Waals surface area contributed by atoms with Crippen LogP contribution in [-0.2, 0) is 9.59 Å². The van der Waals surface area contributed by atoms with Crippen molar-refractivity contribution >= 4 is 17.6 Å². The lowest BCUT2D eigenvalue weighted by Crippen LogP contribution is -2.30. The summed E-state index contributed by atoms with van der Waals surface area (Å²) < 4.78 is 0. The molecule has 0 spiro atoms. The normalized spacial score (nSPS) is 19.1. The van der Waals surface area contributed by atoms with Crippen LogP contribution in [-0.4, -0.2) is 38.9 Å². The molecule has 7 heteroatoms. The van der Waals surface area contributed by atoms with E-state index in [9.17, 15) is 9.59 Å². The lowest BCUT2D eigenvalue weighted by molar-refractivity contribution is -0.127. The van der Waals surface area contributed by atoms with Crippen molar-refractivity contribution in [1.82, 2.24) is 20.1 Å². The lowest BCUT2D eigenvalue weighted by Gasteiger charge is -2.24. The van der Waals surface area contributed by atoms with Gasteiger partial charge in [0.25, 0.3) is 0 Å². The van der Waals surface area contributed by atoms with Gasteiger partial charge in [-0.1, -0.05) is 29.8 Å². The number of aryl methyl sites for hydroxylation is 1. The maximum absolute atomic E-state index is 12.9. The van der Waals surface area contributed by atoms with Gasteiger partial charge in [0.2, 0.25) is 11.8 Å². The molecule has 3 aromatic rings. The standard InChI is InChI=1S/C21H21N5O2/c1-13-3-5-15(6-4-13)20-16(11-19(27)26(20)2)21(28)23-18-12-17(24-25-18)14-7-9-22-10-8-14/h3-10,12,16,20H,11H2,1-2H3,(H2,23,24,25,28). The van der Waals surface area contributed by atoms with Gasteiger partial charge >= 0.3 is 0 Å². The Bertz CT molecular complexity index is 997. The Morgan fingerprint density at radius 3 is 2.61 bits per heavy atom. The number of anilines is 1. The number of hydrogen-bond donors (Lipinski definition) is 2. The Morgan fingerprint density at radius 2 is 1.89 bits per heavy atom. The number of carbonyl (C=O) groups is 2. The Labute approximate surface area is 162 Å². The molecule has 28 heavy (non-hydrogen) atoms. The average Bonchev–Trinajstić information content (AvgIpc) is 3.28. The van der Waals surface area contributed by atoms with Crippen molar-refractivity contribution in [3.63, 3.8) is 0 Å². The smallest absolute Gasteiger partial charge is 0.231 e. The predicted octanol–water partition coefficient (Wildman–Crippen LogP) is 2.94. The largest absolute Gasteiger partial charge is 0.338 e. The summed E-state index contributed by atoms with van der Waals surface area (Å²) in [5.41, 5.74) is 3.80. The van der Waals surface area contributed by atoms with Crippen molar-refractivity contribution in [2.24, 2.45) is 5.92 Å². The fourth-order valence-corrected chi connectivity index (χ4v) is 3.61. The number of aromatic amines is 1. The first-order valence-electron chi connectivity index (χ1n) is 9.12. The summed E-state index contributed by atoms with van der Waals surface area (Å²) in [6.45, 7) is 2.01. The van der Waals surface area contributed by atoms with E-state index in [2.05, 4.69) is 20.5 Å². The highest BCUT2D eigenvalue weighted by Gasteiger charge is 2.42. The maximum Gasteiger partial charge on any atom is 0.231 e. The van der Waals surface area contributed by atoms with Crippen LogP contribution in [0.5, 0.6) is 0 Å². The van der Waals surface area contributed by atoms with Crippen molar-refractivity contribution in [3.8, 4) is 11.3 Å². The van der Waals surface area contributed by atoms with Gasteiger partial charge in [-0.25, -0.2) is 0 Å². The zero-order valence-corrected chi connectivity index (χ0v) is 15.7. The van der Waals surface area contributed by atoms with Crippen molar-refractivity contribution in [1.29, 1.82) is 0 Å². The van der Waals surface area contributed by atoms with E-state index in [0.717, 1.165) is 22.4 Å². The molecule has 0 radical (unpaired) electrons. The van der Waals surface area contributed by atoms with Gasteiger partial charge in [0.15, 0.2) is 5.82 Å². The number of aromatic nitrogens is 3. The van der Waals surface area contributed by atoms with Crippen LogP contribution in [0.15, 0.2) is 54.9 Å².